The van der Waals surface area contributed by atoms with Crippen molar-refractivity contribution in [3.8, 4) is 5.75 Å². The molecule has 13 heteroatoms. The van der Waals surface area contributed by atoms with E-state index in [9.17, 15) is 26.4 Å². The maximum Gasteiger partial charge on any atom is 0.391 e. The number of anilines is 1. The summed E-state index contributed by atoms with van der Waals surface area (Å²) in [7, 11) is -2.50. The van der Waals surface area contributed by atoms with Gasteiger partial charge in [-0.05, 0) is 44.0 Å². The van der Waals surface area contributed by atoms with Crippen LogP contribution in [-0.4, -0.2) is 68.0 Å². The molecule has 1 atom stereocenters. The quantitative estimate of drug-likeness (QED) is 0.379. The van der Waals surface area contributed by atoms with Crippen LogP contribution in [0.4, 0.5) is 18.9 Å². The van der Waals surface area contributed by atoms with Crippen molar-refractivity contribution in [3.05, 3.63) is 60.3 Å². The van der Waals surface area contributed by atoms with E-state index in [1.807, 2.05) is 4.90 Å². The van der Waals surface area contributed by atoms with Gasteiger partial charge in [-0.15, -0.1) is 0 Å². The Balaban J connectivity index is 0.000000353. The number of carbonyl (C=O) groups excluding carboxylic acids is 1. The van der Waals surface area contributed by atoms with Gasteiger partial charge < -0.3 is 20.1 Å². The number of hydrogen-bond donors (Lipinski definition) is 3. The summed E-state index contributed by atoms with van der Waals surface area (Å²) < 4.78 is 73.5. The van der Waals surface area contributed by atoms with Gasteiger partial charge in [-0.25, -0.2) is 0 Å². The second-order valence-electron chi connectivity index (χ2n) is 9.09. The number of alkyl halides is 3. The lowest BCUT2D eigenvalue weighted by Crippen LogP contribution is -2.39. The molecule has 1 amide bonds. The number of benzene rings is 2. The molecule has 3 N–H and O–H groups in total. The van der Waals surface area contributed by atoms with Crippen molar-refractivity contribution in [1.82, 2.24) is 10.3 Å². The van der Waals surface area contributed by atoms with Crippen LogP contribution in [0.25, 0.3) is 10.9 Å². The first kappa shape index (κ1) is 30.1. The van der Waals surface area contributed by atoms with Gasteiger partial charge in [-0.3, -0.25) is 14.3 Å². The number of rotatable bonds is 6. The minimum absolute atomic E-state index is 0.0295. The molecule has 0 radical (unpaired) electrons. The van der Waals surface area contributed by atoms with E-state index in [0.29, 0.717) is 27.9 Å². The predicted molar refractivity (Wildman–Crippen MR) is 140 cm³/mol. The fraction of sp³-hybridized carbons (Fsp3) is 0.385. The number of nitrogens with one attached hydrogen (secondary N) is 1. The number of hydrogen-bond acceptors (Lipinski definition) is 7. The van der Waals surface area contributed by atoms with Crippen molar-refractivity contribution < 1.29 is 40.8 Å². The monoisotopic (exact) mass is 569 g/mol. The van der Waals surface area contributed by atoms with E-state index in [1.54, 1.807) is 43.3 Å². The second-order valence-corrected chi connectivity index (χ2v) is 10.5. The van der Waals surface area contributed by atoms with Crippen LogP contribution in [0, 0.1) is 5.92 Å². The van der Waals surface area contributed by atoms with Crippen LogP contribution in [0.3, 0.4) is 0 Å². The number of carbonyl (C=O) groups is 1. The fourth-order valence-corrected chi connectivity index (χ4v) is 4.58. The first-order valence-corrected chi connectivity index (χ1v) is 13.5. The van der Waals surface area contributed by atoms with Crippen LogP contribution in [0.15, 0.2) is 59.6 Å². The number of halogens is 3. The summed E-state index contributed by atoms with van der Waals surface area (Å²) in [5.41, 5.74) is 1.62. The molecule has 2 heterocycles. The minimum Gasteiger partial charge on any atom is -0.497 e. The molecule has 1 aliphatic heterocycles. The van der Waals surface area contributed by atoms with Gasteiger partial charge in [-0.1, -0.05) is 18.2 Å². The number of aliphatic hydroxyl groups excluding tert-OH is 1. The SMILES string of the molecule is COc1cc(N2CCC(C(F)(F)F)CC2)c2ncc(C(=O)N[C@H](C)CO)cc2c1.O=S(=O)(O)c1ccccc1. The molecule has 4 rings (SSSR count). The fourth-order valence-electron chi connectivity index (χ4n) is 4.08. The number of nitrogens with zero attached hydrogens (tertiary/aromatic N) is 2. The zero-order chi connectivity index (χ0) is 28.8. The molecule has 9 nitrogen and oxygen atoms in total. The van der Waals surface area contributed by atoms with Crippen LogP contribution in [-0.2, 0) is 10.1 Å². The van der Waals surface area contributed by atoms with Crippen molar-refractivity contribution in [2.75, 3.05) is 31.7 Å². The lowest BCUT2D eigenvalue weighted by atomic mass is 9.95. The molecule has 1 fully saturated rings. The van der Waals surface area contributed by atoms with Crippen molar-refractivity contribution >= 4 is 32.6 Å². The summed E-state index contributed by atoms with van der Waals surface area (Å²) in [4.78, 5) is 18.5. The Morgan fingerprint density at radius 3 is 2.33 bits per heavy atom. The third kappa shape index (κ3) is 8.04. The zero-order valence-corrected chi connectivity index (χ0v) is 22.2. The Morgan fingerprint density at radius 1 is 1.18 bits per heavy atom. The summed E-state index contributed by atoms with van der Waals surface area (Å²) in [5, 5.41) is 12.4. The topological polar surface area (TPSA) is 129 Å². The molecule has 2 aromatic carbocycles. The number of aliphatic hydroxyl groups is 1. The number of methoxy groups -OCH3 is 1. The van der Waals surface area contributed by atoms with E-state index >= 15 is 0 Å². The number of aromatic nitrogens is 1. The van der Waals surface area contributed by atoms with Gasteiger partial charge in [0.05, 0.1) is 41.3 Å². The molecule has 0 bridgehead atoms. The Kier molecular flexibility index (Phi) is 9.75. The molecule has 3 aromatic rings. The van der Waals surface area contributed by atoms with Crippen LogP contribution in [0.2, 0.25) is 0 Å². The maximum atomic E-state index is 13.0. The van der Waals surface area contributed by atoms with Gasteiger partial charge >= 0.3 is 6.18 Å². The summed E-state index contributed by atoms with van der Waals surface area (Å²) in [6.07, 6.45) is -2.68. The Bertz CT molecular complexity index is 1380. The van der Waals surface area contributed by atoms with Gasteiger partial charge in [0.2, 0.25) is 0 Å². The standard InChI is InChI=1S/C20H24F3N3O3.C6H6O3S/c1-12(11-27)25-19(28)14-7-13-8-16(29-2)9-17(18(13)24-10-14)26-5-3-15(4-6-26)20(21,22)23;7-10(8,9)6-4-2-1-3-5-6/h7-10,12,15,27H,3-6,11H2,1-2H3,(H,25,28);1-5H,(H,7,8,9)/t12-;/m1./s1. The van der Waals surface area contributed by atoms with E-state index in [-0.39, 0.29) is 43.3 Å². The summed E-state index contributed by atoms with van der Waals surface area (Å²) in [6.45, 7) is 2.03. The van der Waals surface area contributed by atoms with Crippen LogP contribution in [0.1, 0.15) is 30.1 Å². The molecular formula is C26H30F3N3O6S. The van der Waals surface area contributed by atoms with E-state index in [0.717, 1.165) is 0 Å². The third-order valence-corrected chi connectivity index (χ3v) is 7.09. The second kappa shape index (κ2) is 12.6. The number of fused-ring (bicyclic) bond motifs is 1. The predicted octanol–water partition coefficient (Wildman–Crippen LogP) is 4.07. The maximum absolute atomic E-state index is 13.0. The lowest BCUT2D eigenvalue weighted by molar-refractivity contribution is -0.179. The van der Waals surface area contributed by atoms with Crippen molar-refractivity contribution in [1.29, 1.82) is 0 Å². The Morgan fingerprint density at radius 2 is 1.82 bits per heavy atom. The number of amides is 1. The molecular weight excluding hydrogens is 539 g/mol. The molecule has 1 saturated heterocycles. The van der Waals surface area contributed by atoms with Gasteiger partial charge in [0.15, 0.2) is 0 Å². The molecule has 1 aromatic heterocycles. The molecule has 0 spiro atoms. The lowest BCUT2D eigenvalue weighted by Gasteiger charge is -2.34. The van der Waals surface area contributed by atoms with E-state index in [4.69, 9.17) is 14.4 Å². The van der Waals surface area contributed by atoms with Crippen LogP contribution in [0.5, 0.6) is 5.75 Å². The van der Waals surface area contributed by atoms with Crippen molar-refractivity contribution in [2.24, 2.45) is 5.92 Å². The molecule has 0 unspecified atom stereocenters. The van der Waals surface area contributed by atoms with Crippen LogP contribution >= 0.6 is 0 Å². The Labute approximate surface area is 224 Å². The first-order chi connectivity index (χ1) is 18.3. The average molecular weight is 570 g/mol. The van der Waals surface area contributed by atoms with Gasteiger partial charge in [0.25, 0.3) is 16.0 Å². The van der Waals surface area contributed by atoms with Gasteiger partial charge in [-0.2, -0.15) is 21.6 Å². The third-order valence-electron chi connectivity index (χ3n) is 6.23. The highest BCUT2D eigenvalue weighted by molar-refractivity contribution is 7.85. The summed E-state index contributed by atoms with van der Waals surface area (Å²) in [6, 6.07) is 12.2. The molecule has 212 valence electrons. The van der Waals surface area contributed by atoms with Crippen molar-refractivity contribution in [2.45, 2.75) is 36.9 Å². The van der Waals surface area contributed by atoms with E-state index in [1.165, 1.54) is 25.4 Å². The van der Waals surface area contributed by atoms with E-state index < -0.39 is 28.3 Å². The Hall–Kier alpha value is -3.42. The summed E-state index contributed by atoms with van der Waals surface area (Å²) >= 11 is 0. The summed E-state index contributed by atoms with van der Waals surface area (Å²) in [5.74, 6) is -1.11. The highest BCUT2D eigenvalue weighted by atomic mass is 32.2. The molecule has 0 aliphatic carbocycles. The molecule has 39 heavy (non-hydrogen) atoms. The van der Waals surface area contributed by atoms with Crippen molar-refractivity contribution in [3.63, 3.8) is 0 Å². The van der Waals surface area contributed by atoms with E-state index in [2.05, 4.69) is 10.3 Å². The molecule has 0 saturated carbocycles. The highest BCUT2D eigenvalue weighted by Gasteiger charge is 2.41. The first-order valence-electron chi connectivity index (χ1n) is 12.1. The smallest absolute Gasteiger partial charge is 0.391 e. The van der Waals surface area contributed by atoms with Gasteiger partial charge in [0.1, 0.15) is 5.75 Å². The van der Waals surface area contributed by atoms with Gasteiger partial charge in [0, 0.05) is 36.8 Å². The zero-order valence-electron chi connectivity index (χ0n) is 21.4. The average Bonchev–Trinajstić information content (AvgIpc) is 2.92. The number of piperidine rings is 1. The highest BCUT2D eigenvalue weighted by Crippen LogP contribution is 2.38. The van der Waals surface area contributed by atoms with Crippen LogP contribution < -0.4 is 15.0 Å². The number of ether oxygens (including phenoxy) is 1. The number of pyridine rings is 1. The largest absolute Gasteiger partial charge is 0.497 e. The minimum atomic E-state index is -4.17. The molecule has 1 aliphatic rings. The normalized spacial score (nSPS) is 15.3.